The number of nitrogens with two attached hydrogens (primary N) is 1. The number of nitrogens with one attached hydrogen (secondary N) is 2. The van der Waals surface area contributed by atoms with E-state index in [0.29, 0.717) is 47.6 Å². The highest BCUT2D eigenvalue weighted by molar-refractivity contribution is 6.30. The van der Waals surface area contributed by atoms with Crippen LogP contribution in [0, 0.1) is 5.82 Å². The molecular formula is C36H46ClFN4O5. The molecule has 0 aliphatic carbocycles. The minimum Gasteiger partial charge on any atom is -0.497 e. The number of methoxy groups -OCH3 is 1. The summed E-state index contributed by atoms with van der Waals surface area (Å²) >= 11 is 6.09. The van der Waals surface area contributed by atoms with Crippen LogP contribution in [0.1, 0.15) is 54.5 Å². The molecule has 3 rings (SSSR count). The van der Waals surface area contributed by atoms with Crippen molar-refractivity contribution in [3.8, 4) is 5.75 Å². The fraction of sp³-hybridized carbons (Fsp3) is 0.417. The quantitative estimate of drug-likeness (QED) is 0.152. The van der Waals surface area contributed by atoms with Crippen LogP contribution in [0.4, 0.5) is 4.39 Å². The first-order chi connectivity index (χ1) is 22.5. The van der Waals surface area contributed by atoms with Crippen molar-refractivity contribution >= 4 is 29.3 Å². The molecule has 3 aromatic carbocycles. The van der Waals surface area contributed by atoms with Crippen molar-refractivity contribution < 1.29 is 28.6 Å². The van der Waals surface area contributed by atoms with Crippen LogP contribution >= 0.6 is 11.6 Å². The van der Waals surface area contributed by atoms with Crippen molar-refractivity contribution in [2.45, 2.75) is 71.1 Å². The van der Waals surface area contributed by atoms with Gasteiger partial charge < -0.3 is 31.1 Å². The van der Waals surface area contributed by atoms with E-state index in [1.807, 2.05) is 43.0 Å². The Kier molecular flexibility index (Phi) is 15.1. The first kappa shape index (κ1) is 37.5. The molecule has 0 unspecified atom stereocenters. The maximum Gasteiger partial charge on any atom is 0.226 e. The first-order valence-corrected chi connectivity index (χ1v) is 16.3. The number of halogens is 2. The van der Waals surface area contributed by atoms with Crippen molar-refractivity contribution in [3.05, 3.63) is 99.3 Å². The van der Waals surface area contributed by atoms with E-state index in [0.717, 1.165) is 18.4 Å². The summed E-state index contributed by atoms with van der Waals surface area (Å²) in [6, 6.07) is 16.1. The molecule has 47 heavy (non-hydrogen) atoms. The number of hydrogen-bond donors (Lipinski definition) is 4. The Labute approximate surface area is 281 Å². The van der Waals surface area contributed by atoms with E-state index < -0.39 is 29.8 Å². The lowest BCUT2D eigenvalue weighted by molar-refractivity contribution is -0.130. The first-order valence-electron chi connectivity index (χ1n) is 15.9. The smallest absolute Gasteiger partial charge is 0.226 e. The SMILES string of the molecule is CCCN(CCC)C(=O)Cc1cc(CC(N)=O)cc(CC(=O)N[C@@H](Cc2cc(F)cc(Cl)c2)[C@H](O)CNCc2cccc(OC)c2)c1. The van der Waals surface area contributed by atoms with Gasteiger partial charge in [0.1, 0.15) is 11.6 Å². The number of hydrogen-bond acceptors (Lipinski definition) is 6. The highest BCUT2D eigenvalue weighted by Gasteiger charge is 2.23. The van der Waals surface area contributed by atoms with E-state index >= 15 is 0 Å². The predicted octanol–water partition coefficient (Wildman–Crippen LogP) is 4.13. The number of ether oxygens (including phenoxy) is 1. The molecule has 0 fully saturated rings. The monoisotopic (exact) mass is 668 g/mol. The standard InChI is InChI=1S/C36H46ClFN4O5/c1-4-9-42(10-5-2)36(46)20-27-12-25(18-34(39)44)11-26(13-27)19-35(45)41-32(17-28-14-29(37)21-30(38)15-28)33(43)23-40-22-24-7-6-8-31(16-24)47-3/h6-8,11-16,21,32-33,40,43H,4-5,9-10,17-20,22-23H2,1-3H3,(H2,39,44)(H,41,45)/t32-,33+/m0/s1. The topological polar surface area (TPSA) is 134 Å². The third-order valence-corrected chi connectivity index (χ3v) is 7.77. The summed E-state index contributed by atoms with van der Waals surface area (Å²) in [5.41, 5.74) is 8.82. The Hall–Kier alpha value is -3.99. The Morgan fingerprint density at radius 3 is 2.19 bits per heavy atom. The van der Waals surface area contributed by atoms with Crippen molar-refractivity contribution in [2.75, 3.05) is 26.7 Å². The van der Waals surface area contributed by atoms with Gasteiger partial charge in [0.15, 0.2) is 0 Å². The van der Waals surface area contributed by atoms with Crippen LogP contribution in [0.2, 0.25) is 5.02 Å². The minimum atomic E-state index is -1.04. The van der Waals surface area contributed by atoms with Crippen LogP contribution in [0.15, 0.2) is 60.7 Å². The van der Waals surface area contributed by atoms with Gasteiger partial charge >= 0.3 is 0 Å². The van der Waals surface area contributed by atoms with Gasteiger partial charge in [-0.25, -0.2) is 4.39 Å². The van der Waals surface area contributed by atoms with Gasteiger partial charge in [-0.15, -0.1) is 0 Å². The van der Waals surface area contributed by atoms with Crippen LogP contribution in [0.3, 0.4) is 0 Å². The summed E-state index contributed by atoms with van der Waals surface area (Å²) in [4.78, 5) is 40.1. The Morgan fingerprint density at radius 2 is 1.57 bits per heavy atom. The van der Waals surface area contributed by atoms with Gasteiger partial charge in [0.05, 0.1) is 38.5 Å². The van der Waals surface area contributed by atoms with Gasteiger partial charge in [-0.3, -0.25) is 14.4 Å². The Morgan fingerprint density at radius 1 is 0.915 bits per heavy atom. The van der Waals surface area contributed by atoms with E-state index in [1.165, 1.54) is 12.1 Å². The number of aliphatic hydroxyl groups excluding tert-OH is 1. The van der Waals surface area contributed by atoms with Gasteiger partial charge in [0.2, 0.25) is 17.7 Å². The summed E-state index contributed by atoms with van der Waals surface area (Å²) in [6.45, 7) is 5.92. The molecule has 0 spiro atoms. The number of carbonyl (C=O) groups is 3. The number of primary amides is 1. The minimum absolute atomic E-state index is 0.0290. The van der Waals surface area contributed by atoms with E-state index in [2.05, 4.69) is 10.6 Å². The molecule has 3 aromatic rings. The molecule has 254 valence electrons. The summed E-state index contributed by atoms with van der Waals surface area (Å²) in [7, 11) is 1.59. The van der Waals surface area contributed by atoms with E-state index in [1.54, 1.807) is 31.4 Å². The second kappa shape index (κ2) is 19.0. The second-order valence-electron chi connectivity index (χ2n) is 11.7. The molecule has 0 bridgehead atoms. The normalized spacial score (nSPS) is 12.3. The van der Waals surface area contributed by atoms with Gasteiger partial charge in [-0.2, -0.15) is 0 Å². The molecule has 0 heterocycles. The summed E-state index contributed by atoms with van der Waals surface area (Å²) in [5.74, 6) is -0.756. The van der Waals surface area contributed by atoms with Crippen LogP contribution < -0.4 is 21.1 Å². The molecule has 3 amide bonds. The molecule has 9 nitrogen and oxygen atoms in total. The number of benzene rings is 3. The molecule has 2 atom stereocenters. The van der Waals surface area contributed by atoms with Gasteiger partial charge in [-0.05, 0) is 77.4 Å². The lowest BCUT2D eigenvalue weighted by Gasteiger charge is -2.25. The average molecular weight is 669 g/mol. The number of aliphatic hydroxyl groups is 1. The molecule has 0 aromatic heterocycles. The highest BCUT2D eigenvalue weighted by atomic mass is 35.5. The van der Waals surface area contributed by atoms with Crippen molar-refractivity contribution in [2.24, 2.45) is 5.73 Å². The zero-order chi connectivity index (χ0) is 34.3. The maximum atomic E-state index is 14.2. The highest BCUT2D eigenvalue weighted by Crippen LogP contribution is 2.18. The summed E-state index contributed by atoms with van der Waals surface area (Å²) in [5, 5.41) is 17.5. The van der Waals surface area contributed by atoms with E-state index in [9.17, 15) is 23.9 Å². The molecule has 0 saturated heterocycles. The van der Waals surface area contributed by atoms with Crippen molar-refractivity contribution in [1.82, 2.24) is 15.5 Å². The number of rotatable bonds is 19. The number of nitrogens with zero attached hydrogens (tertiary/aromatic N) is 1. The molecule has 0 aliphatic rings. The zero-order valence-corrected chi connectivity index (χ0v) is 28.1. The number of carbonyl (C=O) groups excluding carboxylic acids is 3. The lowest BCUT2D eigenvalue weighted by Crippen LogP contribution is -2.49. The molecule has 0 saturated carbocycles. The Balaban J connectivity index is 1.78. The molecular weight excluding hydrogens is 623 g/mol. The average Bonchev–Trinajstić information content (AvgIpc) is 2.99. The van der Waals surface area contributed by atoms with Gasteiger partial charge in [0.25, 0.3) is 0 Å². The second-order valence-corrected chi connectivity index (χ2v) is 12.2. The Bertz CT molecular complexity index is 1480. The molecule has 0 radical (unpaired) electrons. The zero-order valence-electron chi connectivity index (χ0n) is 27.4. The van der Waals surface area contributed by atoms with E-state index in [4.69, 9.17) is 22.1 Å². The van der Waals surface area contributed by atoms with E-state index in [-0.39, 0.29) is 43.2 Å². The maximum absolute atomic E-state index is 14.2. The largest absolute Gasteiger partial charge is 0.497 e. The molecule has 11 heteroatoms. The van der Waals surface area contributed by atoms with Crippen molar-refractivity contribution in [3.63, 3.8) is 0 Å². The third kappa shape index (κ3) is 13.0. The van der Waals surface area contributed by atoms with Gasteiger partial charge in [-0.1, -0.05) is 55.8 Å². The fourth-order valence-corrected chi connectivity index (χ4v) is 5.78. The molecule has 5 N–H and O–H groups in total. The molecule has 0 aliphatic heterocycles. The number of amides is 3. The predicted molar refractivity (Wildman–Crippen MR) is 182 cm³/mol. The third-order valence-electron chi connectivity index (χ3n) is 7.56. The van der Waals surface area contributed by atoms with Crippen LogP contribution in [-0.2, 0) is 46.6 Å². The fourth-order valence-electron chi connectivity index (χ4n) is 5.53. The van der Waals surface area contributed by atoms with Crippen LogP contribution in [0.5, 0.6) is 5.75 Å². The lowest BCUT2D eigenvalue weighted by atomic mass is 9.98. The van der Waals surface area contributed by atoms with Gasteiger partial charge in [0, 0.05) is 31.2 Å². The van der Waals surface area contributed by atoms with Crippen LogP contribution in [-0.4, -0.2) is 66.6 Å². The summed E-state index contributed by atoms with van der Waals surface area (Å²) in [6.07, 6.45) is 0.772. The summed E-state index contributed by atoms with van der Waals surface area (Å²) < 4.78 is 19.4. The van der Waals surface area contributed by atoms with Crippen molar-refractivity contribution in [1.29, 1.82) is 0 Å². The van der Waals surface area contributed by atoms with Crippen LogP contribution in [0.25, 0.3) is 0 Å².